The van der Waals surface area contributed by atoms with E-state index in [2.05, 4.69) is 9.97 Å². The summed E-state index contributed by atoms with van der Waals surface area (Å²) < 4.78 is 64.8. The third kappa shape index (κ3) is 3.33. The van der Waals surface area contributed by atoms with Crippen molar-refractivity contribution in [3.63, 3.8) is 0 Å². The van der Waals surface area contributed by atoms with Crippen molar-refractivity contribution in [2.45, 2.75) is 23.9 Å². The van der Waals surface area contributed by atoms with Crippen LogP contribution >= 0.6 is 0 Å². The minimum absolute atomic E-state index is 0.00487. The molecule has 25 heavy (non-hydrogen) atoms. The zero-order valence-corrected chi connectivity index (χ0v) is 13.6. The molecule has 11 heteroatoms. The van der Waals surface area contributed by atoms with Crippen molar-refractivity contribution in [3.05, 3.63) is 38.9 Å². The van der Waals surface area contributed by atoms with Crippen LogP contribution in [0.25, 0.3) is 11.0 Å². The highest BCUT2D eigenvalue weighted by molar-refractivity contribution is 7.89. The molecule has 1 atom stereocenters. The molecule has 1 unspecified atom stereocenters. The fraction of sp³-hybridized carbons (Fsp3) is 0.429. The van der Waals surface area contributed by atoms with Gasteiger partial charge in [-0.25, -0.2) is 8.42 Å². The summed E-state index contributed by atoms with van der Waals surface area (Å²) >= 11 is 0. The van der Waals surface area contributed by atoms with E-state index >= 15 is 0 Å². The smallest absolute Gasteiger partial charge is 0.316 e. The van der Waals surface area contributed by atoms with E-state index < -0.39 is 39.8 Å². The first-order valence-electron chi connectivity index (χ1n) is 7.42. The summed E-state index contributed by atoms with van der Waals surface area (Å²) in [6.45, 7) is -0.638. The van der Waals surface area contributed by atoms with Gasteiger partial charge in [0.1, 0.15) is 0 Å². The molecule has 0 saturated carbocycles. The molecule has 1 fully saturated rings. The second-order valence-corrected chi connectivity index (χ2v) is 7.80. The average molecular weight is 377 g/mol. The lowest BCUT2D eigenvalue weighted by atomic mass is 9.99. The molecule has 1 aliphatic rings. The van der Waals surface area contributed by atoms with Crippen LogP contribution in [0.3, 0.4) is 0 Å². The highest BCUT2D eigenvalue weighted by Crippen LogP contribution is 2.35. The van der Waals surface area contributed by atoms with Crippen LogP contribution in [-0.2, 0) is 10.0 Å². The van der Waals surface area contributed by atoms with Crippen LogP contribution in [0.4, 0.5) is 13.2 Å². The maximum absolute atomic E-state index is 12.9. The lowest BCUT2D eigenvalue weighted by Gasteiger charge is -2.32. The Morgan fingerprint density at radius 1 is 1.08 bits per heavy atom. The second kappa shape index (κ2) is 5.99. The number of sulfonamides is 1. The van der Waals surface area contributed by atoms with Gasteiger partial charge >= 0.3 is 17.3 Å². The number of nitrogens with zero attached hydrogens (tertiary/aromatic N) is 1. The predicted molar refractivity (Wildman–Crippen MR) is 82.7 cm³/mol. The first kappa shape index (κ1) is 17.7. The third-order valence-corrected chi connectivity index (χ3v) is 6.04. The number of aromatic amines is 2. The minimum atomic E-state index is -4.46. The van der Waals surface area contributed by atoms with Gasteiger partial charge in [0, 0.05) is 13.1 Å². The van der Waals surface area contributed by atoms with E-state index in [1.54, 1.807) is 0 Å². The number of alkyl halides is 3. The van der Waals surface area contributed by atoms with Crippen molar-refractivity contribution in [2.24, 2.45) is 5.92 Å². The maximum Gasteiger partial charge on any atom is 0.393 e. The summed E-state index contributed by atoms with van der Waals surface area (Å²) in [5, 5.41) is 0. The number of piperidine rings is 1. The van der Waals surface area contributed by atoms with Gasteiger partial charge in [-0.2, -0.15) is 17.5 Å². The Labute approximate surface area is 139 Å². The molecule has 1 aromatic carbocycles. The first-order valence-corrected chi connectivity index (χ1v) is 8.86. The fourth-order valence-electron chi connectivity index (χ4n) is 2.83. The largest absolute Gasteiger partial charge is 0.393 e. The van der Waals surface area contributed by atoms with Crippen LogP contribution in [0.15, 0.2) is 32.7 Å². The van der Waals surface area contributed by atoms with Gasteiger partial charge in [-0.15, -0.1) is 0 Å². The molecule has 0 radical (unpaired) electrons. The number of rotatable bonds is 2. The van der Waals surface area contributed by atoms with Crippen LogP contribution in [0.2, 0.25) is 0 Å². The van der Waals surface area contributed by atoms with Crippen molar-refractivity contribution < 1.29 is 21.6 Å². The summed E-state index contributed by atoms with van der Waals surface area (Å²) in [5.74, 6) is -1.70. The standard InChI is InChI=1S/C14H14F3N3O4S/c15-14(16,17)8-2-1-5-20(7-8)25(23,24)9-3-4-10-11(6-9)19-13(22)12(21)18-10/h3-4,6,8H,1-2,5,7H2,(H,18,21)(H,19,22). The molecule has 7 nitrogen and oxygen atoms in total. The fourth-order valence-corrected chi connectivity index (χ4v) is 4.38. The number of H-pyrrole nitrogens is 2. The van der Waals surface area contributed by atoms with Gasteiger partial charge in [-0.3, -0.25) is 9.59 Å². The summed E-state index contributed by atoms with van der Waals surface area (Å²) in [6.07, 6.45) is -4.45. The molecule has 0 amide bonds. The number of fused-ring (bicyclic) bond motifs is 1. The number of nitrogens with one attached hydrogen (secondary N) is 2. The highest BCUT2D eigenvalue weighted by atomic mass is 32.2. The van der Waals surface area contributed by atoms with Crippen molar-refractivity contribution in [3.8, 4) is 0 Å². The molecule has 2 N–H and O–H groups in total. The average Bonchev–Trinajstić information content (AvgIpc) is 2.55. The van der Waals surface area contributed by atoms with Crippen molar-refractivity contribution in [1.82, 2.24) is 14.3 Å². The Kier molecular flexibility index (Phi) is 4.23. The Bertz CT molecular complexity index is 1030. The molecule has 3 rings (SSSR count). The van der Waals surface area contributed by atoms with E-state index in [4.69, 9.17) is 0 Å². The van der Waals surface area contributed by atoms with Gasteiger partial charge in [-0.1, -0.05) is 0 Å². The zero-order chi connectivity index (χ0) is 18.4. The molecule has 136 valence electrons. The van der Waals surface area contributed by atoms with E-state index in [0.29, 0.717) is 0 Å². The molecule has 0 spiro atoms. The van der Waals surface area contributed by atoms with Gasteiger partial charge in [0.15, 0.2) is 0 Å². The molecular formula is C14H14F3N3O4S. The lowest BCUT2D eigenvalue weighted by molar-refractivity contribution is -0.182. The van der Waals surface area contributed by atoms with Crippen LogP contribution in [-0.4, -0.2) is 42.0 Å². The predicted octanol–water partition coefficient (Wildman–Crippen LogP) is 1.18. The van der Waals surface area contributed by atoms with E-state index in [1.165, 1.54) is 12.1 Å². The summed E-state index contributed by atoms with van der Waals surface area (Å²) in [7, 11) is -4.15. The van der Waals surface area contributed by atoms with Crippen LogP contribution in [0, 0.1) is 5.92 Å². The highest BCUT2D eigenvalue weighted by Gasteiger charge is 2.44. The summed E-state index contributed by atoms with van der Waals surface area (Å²) in [5.41, 5.74) is -1.53. The molecule has 1 aromatic heterocycles. The Morgan fingerprint density at radius 2 is 1.72 bits per heavy atom. The van der Waals surface area contributed by atoms with E-state index in [0.717, 1.165) is 10.4 Å². The first-order chi connectivity index (χ1) is 11.6. The molecular weight excluding hydrogens is 363 g/mol. The maximum atomic E-state index is 12.9. The van der Waals surface area contributed by atoms with E-state index in [9.17, 15) is 31.2 Å². The number of hydrogen-bond acceptors (Lipinski definition) is 4. The van der Waals surface area contributed by atoms with Crippen LogP contribution < -0.4 is 11.1 Å². The number of benzene rings is 1. The Hall–Kier alpha value is -2.14. The van der Waals surface area contributed by atoms with Crippen LogP contribution in [0.5, 0.6) is 0 Å². The van der Waals surface area contributed by atoms with Crippen molar-refractivity contribution in [1.29, 1.82) is 0 Å². The Balaban J connectivity index is 1.99. The second-order valence-electron chi connectivity index (χ2n) is 5.86. The molecule has 1 aliphatic heterocycles. The topological polar surface area (TPSA) is 103 Å². The van der Waals surface area contributed by atoms with Crippen LogP contribution in [0.1, 0.15) is 12.8 Å². The van der Waals surface area contributed by atoms with Gasteiger partial charge in [0.2, 0.25) is 10.0 Å². The quantitative estimate of drug-likeness (QED) is 0.767. The molecule has 0 bridgehead atoms. The zero-order valence-electron chi connectivity index (χ0n) is 12.8. The number of halogens is 3. The van der Waals surface area contributed by atoms with Gasteiger partial charge < -0.3 is 9.97 Å². The number of aromatic nitrogens is 2. The van der Waals surface area contributed by atoms with E-state index in [-0.39, 0.29) is 35.3 Å². The van der Waals surface area contributed by atoms with Gasteiger partial charge in [-0.05, 0) is 31.0 Å². The van der Waals surface area contributed by atoms with Gasteiger partial charge in [0.05, 0.1) is 21.8 Å². The molecule has 2 heterocycles. The molecule has 1 saturated heterocycles. The third-order valence-electron chi connectivity index (χ3n) is 4.18. The summed E-state index contributed by atoms with van der Waals surface area (Å²) in [4.78, 5) is 26.9. The normalized spacial score (nSPS) is 20.0. The monoisotopic (exact) mass is 377 g/mol. The van der Waals surface area contributed by atoms with Gasteiger partial charge in [0.25, 0.3) is 0 Å². The molecule has 0 aliphatic carbocycles. The summed E-state index contributed by atoms with van der Waals surface area (Å²) in [6, 6.07) is 3.59. The minimum Gasteiger partial charge on any atom is -0.316 e. The Morgan fingerprint density at radius 3 is 2.36 bits per heavy atom. The van der Waals surface area contributed by atoms with Crippen molar-refractivity contribution >= 4 is 21.1 Å². The van der Waals surface area contributed by atoms with E-state index in [1.807, 2.05) is 0 Å². The SMILES string of the molecule is O=c1[nH]c2ccc(S(=O)(=O)N3CCCC(C(F)(F)F)C3)cc2[nH]c1=O. The lowest BCUT2D eigenvalue weighted by Crippen LogP contribution is -2.44. The van der Waals surface area contributed by atoms with Crippen molar-refractivity contribution in [2.75, 3.05) is 13.1 Å². The number of hydrogen-bond donors (Lipinski definition) is 2. The molecule has 2 aromatic rings.